The summed E-state index contributed by atoms with van der Waals surface area (Å²) in [4.78, 5) is 19.3. The number of H-pyrrole nitrogens is 1. The lowest BCUT2D eigenvalue weighted by Gasteiger charge is -2.10. The van der Waals surface area contributed by atoms with Gasteiger partial charge in [0.2, 0.25) is 0 Å². The van der Waals surface area contributed by atoms with Crippen LogP contribution in [0.25, 0.3) is 11.1 Å². The molecule has 0 saturated heterocycles. The van der Waals surface area contributed by atoms with Gasteiger partial charge in [-0.15, -0.1) is 0 Å². The molecule has 0 aliphatic carbocycles. The lowest BCUT2D eigenvalue weighted by atomic mass is 9.96. The van der Waals surface area contributed by atoms with E-state index < -0.39 is 0 Å². The minimum absolute atomic E-state index is 0.0745. The van der Waals surface area contributed by atoms with Gasteiger partial charge in [-0.2, -0.15) is 5.26 Å². The molecule has 26 heavy (non-hydrogen) atoms. The number of hydrogen-bond acceptors (Lipinski definition) is 3. The van der Waals surface area contributed by atoms with Gasteiger partial charge in [0, 0.05) is 12.0 Å². The van der Waals surface area contributed by atoms with Gasteiger partial charge >= 0.3 is 0 Å². The quantitative estimate of drug-likeness (QED) is 0.758. The predicted octanol–water partition coefficient (Wildman–Crippen LogP) is 4.10. The van der Waals surface area contributed by atoms with E-state index >= 15 is 0 Å². The number of hydrogen-bond donors (Lipinski definition) is 1. The molecule has 0 bridgehead atoms. The summed E-state index contributed by atoms with van der Waals surface area (Å²) >= 11 is 0. The third-order valence-corrected chi connectivity index (χ3v) is 4.33. The molecule has 1 N–H and O–H groups in total. The van der Waals surface area contributed by atoms with Crippen LogP contribution in [0.4, 0.5) is 0 Å². The van der Waals surface area contributed by atoms with Crippen LogP contribution in [0.2, 0.25) is 0 Å². The molecule has 1 heterocycles. The van der Waals surface area contributed by atoms with Gasteiger partial charge in [-0.1, -0.05) is 56.3 Å². The molecule has 0 aliphatic rings. The molecular weight excluding hydrogens is 322 g/mol. The number of nitrogens with zero attached hydrogens (tertiary/aromatic N) is 2. The second-order valence-electron chi connectivity index (χ2n) is 6.79. The number of rotatable bonds is 5. The van der Waals surface area contributed by atoms with Gasteiger partial charge in [-0.25, -0.2) is 4.98 Å². The van der Waals surface area contributed by atoms with Gasteiger partial charge < -0.3 is 4.98 Å². The second-order valence-corrected chi connectivity index (χ2v) is 6.79. The smallest absolute Gasteiger partial charge is 0.254 e. The van der Waals surface area contributed by atoms with Crippen LogP contribution in [-0.2, 0) is 12.8 Å². The summed E-state index contributed by atoms with van der Waals surface area (Å²) in [7, 11) is 0. The van der Waals surface area contributed by atoms with Crippen molar-refractivity contribution in [2.75, 3.05) is 0 Å². The van der Waals surface area contributed by atoms with E-state index in [1.807, 2.05) is 48.5 Å². The van der Waals surface area contributed by atoms with Crippen LogP contribution in [0.3, 0.4) is 0 Å². The van der Waals surface area contributed by atoms with E-state index in [-0.39, 0.29) is 5.56 Å². The first-order valence-electron chi connectivity index (χ1n) is 8.72. The molecule has 0 amide bonds. The SMILES string of the molecule is CC(C)Cc1nc[nH]c(=O)c1Cc1ccc(-c2ccccc2C#N)cc1. The van der Waals surface area contributed by atoms with Crippen molar-refractivity contribution in [1.82, 2.24) is 9.97 Å². The predicted molar refractivity (Wildman–Crippen MR) is 103 cm³/mol. The lowest BCUT2D eigenvalue weighted by molar-refractivity contribution is 0.627. The highest BCUT2D eigenvalue weighted by Crippen LogP contribution is 2.24. The Labute approximate surface area is 153 Å². The van der Waals surface area contributed by atoms with Crippen LogP contribution in [0.5, 0.6) is 0 Å². The maximum absolute atomic E-state index is 12.3. The molecule has 4 nitrogen and oxygen atoms in total. The first-order valence-corrected chi connectivity index (χ1v) is 8.72. The largest absolute Gasteiger partial charge is 0.313 e. The van der Waals surface area contributed by atoms with E-state index in [0.29, 0.717) is 17.9 Å². The molecule has 2 aromatic carbocycles. The number of nitrogens with one attached hydrogen (secondary N) is 1. The standard InChI is InChI=1S/C22H21N3O/c1-15(2)11-21-20(22(26)25-14-24-21)12-16-7-9-17(10-8-16)19-6-4-3-5-18(19)13-23/h3-10,14-15H,11-12H2,1-2H3,(H,24,25,26). The molecule has 1 aromatic heterocycles. The van der Waals surface area contributed by atoms with E-state index in [0.717, 1.165) is 34.4 Å². The molecule has 0 saturated carbocycles. The van der Waals surface area contributed by atoms with Gasteiger partial charge in [0.25, 0.3) is 5.56 Å². The Hall–Kier alpha value is -3.19. The first-order chi connectivity index (χ1) is 12.6. The third-order valence-electron chi connectivity index (χ3n) is 4.33. The van der Waals surface area contributed by atoms with E-state index in [9.17, 15) is 10.1 Å². The summed E-state index contributed by atoms with van der Waals surface area (Å²) in [5.74, 6) is 0.438. The third kappa shape index (κ3) is 3.89. The zero-order chi connectivity index (χ0) is 18.5. The molecule has 0 radical (unpaired) electrons. The van der Waals surface area contributed by atoms with Gasteiger partial charge in [0.05, 0.1) is 23.7 Å². The highest BCUT2D eigenvalue weighted by atomic mass is 16.1. The van der Waals surface area contributed by atoms with Crippen molar-refractivity contribution >= 4 is 0 Å². The fraction of sp³-hybridized carbons (Fsp3) is 0.227. The Kier molecular flexibility index (Phi) is 5.28. The summed E-state index contributed by atoms with van der Waals surface area (Å²) in [6.07, 6.45) is 2.81. The summed E-state index contributed by atoms with van der Waals surface area (Å²) in [6.45, 7) is 4.24. The molecule has 3 rings (SSSR count). The van der Waals surface area contributed by atoms with Crippen molar-refractivity contribution in [3.05, 3.63) is 87.6 Å². The zero-order valence-electron chi connectivity index (χ0n) is 15.0. The van der Waals surface area contributed by atoms with Crippen LogP contribution in [0.15, 0.2) is 59.7 Å². The molecule has 4 heteroatoms. The van der Waals surface area contributed by atoms with Crippen LogP contribution < -0.4 is 5.56 Å². The normalized spacial score (nSPS) is 10.7. The topological polar surface area (TPSA) is 69.5 Å². The van der Waals surface area contributed by atoms with Crippen molar-refractivity contribution in [3.63, 3.8) is 0 Å². The van der Waals surface area contributed by atoms with E-state index in [1.54, 1.807) is 0 Å². The van der Waals surface area contributed by atoms with E-state index in [4.69, 9.17) is 0 Å². The van der Waals surface area contributed by atoms with Crippen LogP contribution >= 0.6 is 0 Å². The zero-order valence-corrected chi connectivity index (χ0v) is 15.0. The van der Waals surface area contributed by atoms with Gasteiger partial charge in [-0.05, 0) is 35.1 Å². The molecule has 0 spiro atoms. The average molecular weight is 343 g/mol. The highest BCUT2D eigenvalue weighted by Gasteiger charge is 2.11. The molecule has 130 valence electrons. The molecule has 0 atom stereocenters. The fourth-order valence-electron chi connectivity index (χ4n) is 3.05. The number of nitriles is 1. The summed E-state index contributed by atoms with van der Waals surface area (Å²) < 4.78 is 0. The average Bonchev–Trinajstić information content (AvgIpc) is 2.65. The molecular formula is C22H21N3O. The minimum atomic E-state index is -0.0745. The van der Waals surface area contributed by atoms with Gasteiger partial charge in [0.15, 0.2) is 0 Å². The molecule has 0 aliphatic heterocycles. The number of aromatic amines is 1. The van der Waals surface area contributed by atoms with Crippen molar-refractivity contribution < 1.29 is 0 Å². The Morgan fingerprint density at radius 1 is 1.12 bits per heavy atom. The Balaban J connectivity index is 1.90. The Morgan fingerprint density at radius 3 is 2.54 bits per heavy atom. The minimum Gasteiger partial charge on any atom is -0.313 e. The van der Waals surface area contributed by atoms with Gasteiger partial charge in [0.1, 0.15) is 0 Å². The monoisotopic (exact) mass is 343 g/mol. The van der Waals surface area contributed by atoms with E-state index in [2.05, 4.69) is 29.9 Å². The lowest BCUT2D eigenvalue weighted by Crippen LogP contribution is -2.18. The van der Waals surface area contributed by atoms with Crippen molar-refractivity contribution in [1.29, 1.82) is 5.26 Å². The maximum Gasteiger partial charge on any atom is 0.254 e. The summed E-state index contributed by atoms with van der Waals surface area (Å²) in [5, 5.41) is 9.27. The summed E-state index contributed by atoms with van der Waals surface area (Å²) in [5.41, 5.74) is 5.13. The Morgan fingerprint density at radius 2 is 1.85 bits per heavy atom. The van der Waals surface area contributed by atoms with E-state index in [1.165, 1.54) is 6.33 Å². The molecule has 0 fully saturated rings. The molecule has 3 aromatic rings. The van der Waals surface area contributed by atoms with Crippen molar-refractivity contribution in [3.8, 4) is 17.2 Å². The van der Waals surface area contributed by atoms with Crippen molar-refractivity contribution in [2.45, 2.75) is 26.7 Å². The highest BCUT2D eigenvalue weighted by molar-refractivity contribution is 5.70. The first kappa shape index (κ1) is 17.6. The number of benzene rings is 2. The van der Waals surface area contributed by atoms with Crippen molar-refractivity contribution in [2.24, 2.45) is 5.92 Å². The van der Waals surface area contributed by atoms with Crippen LogP contribution in [0.1, 0.15) is 36.2 Å². The van der Waals surface area contributed by atoms with Gasteiger partial charge in [-0.3, -0.25) is 4.79 Å². The number of aromatic nitrogens is 2. The maximum atomic E-state index is 12.3. The van der Waals surface area contributed by atoms with Crippen LogP contribution in [0, 0.1) is 17.2 Å². The van der Waals surface area contributed by atoms with Crippen LogP contribution in [-0.4, -0.2) is 9.97 Å². The fourth-order valence-corrected chi connectivity index (χ4v) is 3.05. The second kappa shape index (κ2) is 7.79. The summed E-state index contributed by atoms with van der Waals surface area (Å²) in [6, 6.07) is 17.8. The molecule has 0 unspecified atom stereocenters. The Bertz CT molecular complexity index is 995.